The van der Waals surface area contributed by atoms with Crippen molar-refractivity contribution in [3.05, 3.63) is 105 Å². The second-order valence-electron chi connectivity index (χ2n) is 8.95. The van der Waals surface area contributed by atoms with E-state index in [1.807, 2.05) is 0 Å². The summed E-state index contributed by atoms with van der Waals surface area (Å²) in [7, 11) is 0. The van der Waals surface area contributed by atoms with Gasteiger partial charge >= 0.3 is 0 Å². The zero-order valence-electron chi connectivity index (χ0n) is 18.6. The predicted octanol–water partition coefficient (Wildman–Crippen LogP) is 7.40. The summed E-state index contributed by atoms with van der Waals surface area (Å²) < 4.78 is 0. The van der Waals surface area contributed by atoms with Crippen molar-refractivity contribution in [1.82, 2.24) is 0 Å². The molecule has 0 saturated heterocycles. The molecule has 1 heteroatoms. The van der Waals surface area contributed by atoms with Gasteiger partial charge in [0.25, 0.3) is 0 Å². The summed E-state index contributed by atoms with van der Waals surface area (Å²) in [5.74, 6) is 0. The van der Waals surface area contributed by atoms with Crippen LogP contribution in [0.15, 0.2) is 83.0 Å². The van der Waals surface area contributed by atoms with E-state index < -0.39 is 0 Å². The summed E-state index contributed by atoms with van der Waals surface area (Å²) in [5.41, 5.74) is 21.2. The Labute approximate surface area is 181 Å². The van der Waals surface area contributed by atoms with Crippen molar-refractivity contribution in [2.24, 2.45) is 5.73 Å². The van der Waals surface area contributed by atoms with Gasteiger partial charge in [-0.15, -0.1) is 0 Å². The van der Waals surface area contributed by atoms with Gasteiger partial charge in [0.05, 0.1) is 0 Å². The maximum Gasteiger partial charge on any atom is 0.0429 e. The molecule has 2 aliphatic carbocycles. The molecule has 2 aromatic rings. The Morgan fingerprint density at radius 1 is 0.967 bits per heavy atom. The maximum atomic E-state index is 6.67. The van der Waals surface area contributed by atoms with E-state index in [0.717, 1.165) is 24.1 Å². The molecule has 2 aliphatic rings. The average molecular weight is 396 g/mol. The van der Waals surface area contributed by atoms with Gasteiger partial charge in [-0.2, -0.15) is 0 Å². The van der Waals surface area contributed by atoms with Gasteiger partial charge in [0, 0.05) is 17.7 Å². The van der Waals surface area contributed by atoms with E-state index in [9.17, 15) is 0 Å². The van der Waals surface area contributed by atoms with Crippen LogP contribution >= 0.6 is 0 Å². The molecular formula is C29H33N. The quantitative estimate of drug-likeness (QED) is 0.561. The third kappa shape index (κ3) is 3.94. The molecule has 0 bridgehead atoms. The minimum absolute atomic E-state index is 0.940. The zero-order valence-corrected chi connectivity index (χ0v) is 18.6. The van der Waals surface area contributed by atoms with Crippen LogP contribution in [0.1, 0.15) is 68.7 Å². The third-order valence-electron chi connectivity index (χ3n) is 6.81. The van der Waals surface area contributed by atoms with Crippen LogP contribution in [-0.2, 0) is 12.8 Å². The molecule has 0 fully saturated rings. The summed E-state index contributed by atoms with van der Waals surface area (Å²) in [4.78, 5) is 0. The van der Waals surface area contributed by atoms with Gasteiger partial charge in [-0.05, 0) is 91.9 Å². The second-order valence-corrected chi connectivity index (χ2v) is 8.95. The highest BCUT2D eigenvalue weighted by Crippen LogP contribution is 2.39. The van der Waals surface area contributed by atoms with Crippen LogP contribution in [0.3, 0.4) is 0 Å². The van der Waals surface area contributed by atoms with Crippen LogP contribution in [0.5, 0.6) is 0 Å². The molecule has 0 aromatic heterocycles. The predicted molar refractivity (Wildman–Crippen MR) is 130 cm³/mol. The lowest BCUT2D eigenvalue weighted by molar-refractivity contribution is 0.672. The van der Waals surface area contributed by atoms with Crippen LogP contribution in [0.25, 0.3) is 11.3 Å². The van der Waals surface area contributed by atoms with Crippen molar-refractivity contribution in [3.63, 3.8) is 0 Å². The van der Waals surface area contributed by atoms with E-state index >= 15 is 0 Å². The average Bonchev–Trinajstić information content (AvgIpc) is 3.09. The van der Waals surface area contributed by atoms with Crippen LogP contribution in [0.2, 0.25) is 0 Å². The summed E-state index contributed by atoms with van der Waals surface area (Å²) in [6.45, 7) is 10.8. The standard InChI is InChI=1S/C29H33N/c1-19(2)23-13-9-11-22(16-23)17-27(25-14-7-5-10-20(25)3)21(4)28-18-24-12-6-8-15-26(24)29(28)30/h6,8-9,11-13,15-16H,1,5,7,10,14,17-18,30H2,2-4H3/b27-21+. The van der Waals surface area contributed by atoms with Crippen molar-refractivity contribution < 1.29 is 0 Å². The van der Waals surface area contributed by atoms with Gasteiger partial charge in [-0.25, -0.2) is 0 Å². The molecule has 2 aromatic carbocycles. The highest BCUT2D eigenvalue weighted by molar-refractivity contribution is 5.78. The van der Waals surface area contributed by atoms with Crippen molar-refractivity contribution in [2.75, 3.05) is 0 Å². The van der Waals surface area contributed by atoms with Crippen molar-refractivity contribution in [3.8, 4) is 0 Å². The van der Waals surface area contributed by atoms with Crippen molar-refractivity contribution in [2.45, 2.75) is 59.3 Å². The van der Waals surface area contributed by atoms with E-state index in [0.29, 0.717) is 0 Å². The summed E-state index contributed by atoms with van der Waals surface area (Å²) in [6, 6.07) is 17.4. The Morgan fingerprint density at radius 2 is 1.73 bits per heavy atom. The number of nitrogens with two attached hydrogens (primary N) is 1. The molecule has 0 spiro atoms. The van der Waals surface area contributed by atoms with Gasteiger partial charge < -0.3 is 5.73 Å². The van der Waals surface area contributed by atoms with Gasteiger partial charge in [-0.3, -0.25) is 0 Å². The topological polar surface area (TPSA) is 26.0 Å². The van der Waals surface area contributed by atoms with Gasteiger partial charge in [0.2, 0.25) is 0 Å². The molecule has 0 saturated carbocycles. The van der Waals surface area contributed by atoms with Crippen LogP contribution in [0, 0.1) is 0 Å². The lowest BCUT2D eigenvalue weighted by Crippen LogP contribution is -2.08. The number of rotatable bonds is 5. The van der Waals surface area contributed by atoms with Crippen molar-refractivity contribution >= 4 is 11.3 Å². The summed E-state index contributed by atoms with van der Waals surface area (Å²) in [6.07, 6.45) is 6.88. The molecule has 0 aliphatic heterocycles. The normalized spacial score (nSPS) is 17.2. The summed E-state index contributed by atoms with van der Waals surface area (Å²) in [5, 5.41) is 0. The Hall–Kier alpha value is -2.80. The van der Waals surface area contributed by atoms with E-state index in [1.54, 1.807) is 11.1 Å². The lowest BCUT2D eigenvalue weighted by Gasteiger charge is -2.24. The highest BCUT2D eigenvalue weighted by Gasteiger charge is 2.24. The van der Waals surface area contributed by atoms with Crippen LogP contribution in [0.4, 0.5) is 0 Å². The molecule has 2 N–H and O–H groups in total. The molecule has 1 nitrogen and oxygen atoms in total. The minimum Gasteiger partial charge on any atom is -0.398 e. The van der Waals surface area contributed by atoms with E-state index in [2.05, 4.69) is 75.9 Å². The van der Waals surface area contributed by atoms with Crippen LogP contribution in [-0.4, -0.2) is 0 Å². The lowest BCUT2D eigenvalue weighted by atomic mass is 9.81. The number of benzene rings is 2. The Morgan fingerprint density at radius 3 is 2.47 bits per heavy atom. The van der Waals surface area contributed by atoms with Gasteiger partial charge in [0.15, 0.2) is 0 Å². The van der Waals surface area contributed by atoms with E-state index in [4.69, 9.17) is 5.73 Å². The molecule has 0 unspecified atom stereocenters. The molecule has 0 heterocycles. The third-order valence-corrected chi connectivity index (χ3v) is 6.81. The van der Waals surface area contributed by atoms with E-state index in [1.165, 1.54) is 64.7 Å². The second kappa shape index (κ2) is 8.52. The SMILES string of the molecule is C=C(C)c1cccc(C/C(C2=C(C)CCCC2)=C(/C)C2=C(N)c3ccccc3C2)c1. The number of hydrogen-bond acceptors (Lipinski definition) is 1. The number of fused-ring (bicyclic) bond motifs is 1. The highest BCUT2D eigenvalue weighted by atomic mass is 14.6. The fraction of sp³-hybridized carbons (Fsp3) is 0.310. The number of allylic oxidation sites excluding steroid dienone is 6. The largest absolute Gasteiger partial charge is 0.398 e. The minimum atomic E-state index is 0.940. The molecule has 0 atom stereocenters. The number of hydrogen-bond donors (Lipinski definition) is 1. The van der Waals surface area contributed by atoms with Gasteiger partial charge in [0.1, 0.15) is 0 Å². The monoisotopic (exact) mass is 395 g/mol. The summed E-state index contributed by atoms with van der Waals surface area (Å²) >= 11 is 0. The maximum absolute atomic E-state index is 6.67. The molecule has 0 amide bonds. The first-order valence-corrected chi connectivity index (χ1v) is 11.2. The Balaban J connectivity index is 1.81. The molecular weight excluding hydrogens is 362 g/mol. The van der Waals surface area contributed by atoms with Crippen molar-refractivity contribution in [1.29, 1.82) is 0 Å². The molecule has 154 valence electrons. The van der Waals surface area contributed by atoms with Gasteiger partial charge in [-0.1, -0.05) is 66.3 Å². The van der Waals surface area contributed by atoms with E-state index in [-0.39, 0.29) is 0 Å². The molecule has 0 radical (unpaired) electrons. The zero-order chi connectivity index (χ0) is 21.3. The first kappa shape index (κ1) is 20.5. The Bertz CT molecular complexity index is 1090. The fourth-order valence-corrected chi connectivity index (χ4v) is 4.98. The fourth-order valence-electron chi connectivity index (χ4n) is 4.98. The first-order chi connectivity index (χ1) is 14.5. The Kier molecular flexibility index (Phi) is 5.81. The first-order valence-electron chi connectivity index (χ1n) is 11.2. The molecule has 4 rings (SSSR count). The van der Waals surface area contributed by atoms with Crippen LogP contribution < -0.4 is 5.73 Å². The molecule has 30 heavy (non-hydrogen) atoms. The smallest absolute Gasteiger partial charge is 0.0429 e.